The van der Waals surface area contributed by atoms with Gasteiger partial charge in [0.2, 0.25) is 11.7 Å². The van der Waals surface area contributed by atoms with E-state index in [0.717, 1.165) is 25.7 Å². The molecule has 3 unspecified atom stereocenters. The molecule has 0 spiro atoms. The van der Waals surface area contributed by atoms with Crippen molar-refractivity contribution in [2.24, 2.45) is 22.7 Å². The number of ether oxygens (including phenoxy) is 2. The third-order valence-electron chi connectivity index (χ3n) is 7.57. The fraction of sp³-hybridized carbons (Fsp3) is 0.889. The summed E-state index contributed by atoms with van der Waals surface area (Å²) in [6.07, 6.45) is 7.75. The van der Waals surface area contributed by atoms with Crippen molar-refractivity contribution < 1.29 is 14.3 Å². The largest absolute Gasteiger partial charge is 0.344 e. The molecule has 192 valence electrons. The van der Waals surface area contributed by atoms with E-state index in [1.54, 1.807) is 0 Å². The molecule has 3 atom stereocenters. The number of carbonyl (C=O) groups excluding carboxylic acids is 1. The van der Waals surface area contributed by atoms with Crippen molar-refractivity contribution in [1.29, 1.82) is 0 Å². The zero-order valence-electron chi connectivity index (χ0n) is 23.1. The SMILES string of the molecule is CC/C=C\C1(C2(NN(C)C)CCC(C(C)(C)C)CC2C(=O)N(CC)CC)OCC(C)(C)CO1. The predicted molar refractivity (Wildman–Crippen MR) is 136 cm³/mol. The topological polar surface area (TPSA) is 54.0 Å². The maximum atomic E-state index is 14.1. The molecule has 2 fully saturated rings. The number of nitrogens with one attached hydrogen (secondary N) is 1. The van der Waals surface area contributed by atoms with Crippen LogP contribution in [0.4, 0.5) is 0 Å². The summed E-state index contributed by atoms with van der Waals surface area (Å²) in [6.45, 7) is 20.1. The van der Waals surface area contributed by atoms with Crippen molar-refractivity contribution in [2.75, 3.05) is 40.4 Å². The Balaban J connectivity index is 2.69. The van der Waals surface area contributed by atoms with Crippen molar-refractivity contribution in [3.8, 4) is 0 Å². The van der Waals surface area contributed by atoms with Gasteiger partial charge in [-0.2, -0.15) is 0 Å². The second kappa shape index (κ2) is 10.8. The standard InChI is InChI=1S/C27H51N3O3/c1-11-14-16-27(32-19-25(7,8)20-33-27)26(28-29(9)10)17-15-21(24(4,5)6)18-22(26)23(31)30(12-2)13-3/h14,16,21-22,28H,11-13,15,17-20H2,1-10H3/b16-14-. The second-order valence-electron chi connectivity index (χ2n) is 12.1. The molecule has 6 nitrogen and oxygen atoms in total. The normalized spacial score (nSPS) is 30.0. The number of hydrazine groups is 1. The Morgan fingerprint density at radius 3 is 2.12 bits per heavy atom. The predicted octanol–water partition coefficient (Wildman–Crippen LogP) is 4.86. The van der Waals surface area contributed by atoms with Gasteiger partial charge in [-0.15, -0.1) is 0 Å². The Hall–Kier alpha value is -0.950. The smallest absolute Gasteiger partial charge is 0.227 e. The van der Waals surface area contributed by atoms with Crippen LogP contribution in [0.1, 0.15) is 81.1 Å². The Morgan fingerprint density at radius 2 is 1.67 bits per heavy atom. The molecular formula is C27H51N3O3. The number of hydrogen-bond acceptors (Lipinski definition) is 5. The lowest BCUT2D eigenvalue weighted by Crippen LogP contribution is -2.75. The highest BCUT2D eigenvalue weighted by Gasteiger charge is 2.63. The lowest BCUT2D eigenvalue weighted by atomic mass is 9.59. The van der Waals surface area contributed by atoms with E-state index in [4.69, 9.17) is 9.47 Å². The fourth-order valence-electron chi connectivity index (χ4n) is 5.53. The minimum Gasteiger partial charge on any atom is -0.344 e. The molecule has 1 N–H and O–H groups in total. The van der Waals surface area contributed by atoms with Gasteiger partial charge in [-0.3, -0.25) is 4.79 Å². The molecule has 33 heavy (non-hydrogen) atoms. The van der Waals surface area contributed by atoms with Crippen LogP contribution in [0.25, 0.3) is 0 Å². The van der Waals surface area contributed by atoms with E-state index >= 15 is 0 Å². The first-order valence-corrected chi connectivity index (χ1v) is 13.0. The summed E-state index contributed by atoms with van der Waals surface area (Å²) in [5, 5.41) is 1.98. The highest BCUT2D eigenvalue weighted by Crippen LogP contribution is 2.52. The molecule has 1 amide bonds. The lowest BCUT2D eigenvalue weighted by Gasteiger charge is -2.59. The van der Waals surface area contributed by atoms with Gasteiger partial charge in [0.1, 0.15) is 5.54 Å². The van der Waals surface area contributed by atoms with Crippen LogP contribution in [0.15, 0.2) is 12.2 Å². The van der Waals surface area contributed by atoms with Gasteiger partial charge < -0.3 is 14.4 Å². The molecule has 0 aromatic heterocycles. The van der Waals surface area contributed by atoms with Gasteiger partial charge in [0.05, 0.1) is 19.1 Å². The average molecular weight is 466 g/mol. The Morgan fingerprint density at radius 1 is 1.09 bits per heavy atom. The molecule has 2 rings (SSSR count). The van der Waals surface area contributed by atoms with Gasteiger partial charge in [-0.25, -0.2) is 10.4 Å². The van der Waals surface area contributed by atoms with Crippen LogP contribution in [0.5, 0.6) is 0 Å². The van der Waals surface area contributed by atoms with Crippen LogP contribution in [0, 0.1) is 22.7 Å². The first-order valence-electron chi connectivity index (χ1n) is 13.0. The summed E-state index contributed by atoms with van der Waals surface area (Å²) in [6, 6.07) is 0. The Bertz CT molecular complexity index is 669. The van der Waals surface area contributed by atoms with E-state index in [1.807, 2.05) is 24.0 Å². The minimum atomic E-state index is -1.00. The van der Waals surface area contributed by atoms with Gasteiger partial charge in [-0.1, -0.05) is 47.6 Å². The molecule has 6 heteroatoms. The van der Waals surface area contributed by atoms with Crippen molar-refractivity contribution in [2.45, 2.75) is 92.4 Å². The number of nitrogens with zero attached hydrogens (tertiary/aromatic N) is 2. The van der Waals surface area contributed by atoms with Crippen molar-refractivity contribution in [1.82, 2.24) is 15.3 Å². The lowest BCUT2D eigenvalue weighted by molar-refractivity contribution is -0.323. The number of amides is 1. The van der Waals surface area contributed by atoms with Gasteiger partial charge in [-0.05, 0) is 56.9 Å². The highest BCUT2D eigenvalue weighted by molar-refractivity contribution is 5.81. The third kappa shape index (κ3) is 6.01. The first-order chi connectivity index (χ1) is 15.3. The van der Waals surface area contributed by atoms with E-state index in [2.05, 4.69) is 73.0 Å². The van der Waals surface area contributed by atoms with Gasteiger partial charge in [0, 0.05) is 32.6 Å². The number of rotatable bonds is 8. The fourth-order valence-corrected chi connectivity index (χ4v) is 5.53. The van der Waals surface area contributed by atoms with Gasteiger partial charge >= 0.3 is 0 Å². The van der Waals surface area contributed by atoms with E-state index in [9.17, 15) is 4.79 Å². The van der Waals surface area contributed by atoms with Gasteiger partial charge in [0.25, 0.3) is 0 Å². The average Bonchev–Trinajstić information content (AvgIpc) is 2.73. The maximum Gasteiger partial charge on any atom is 0.227 e. The summed E-state index contributed by atoms with van der Waals surface area (Å²) in [4.78, 5) is 16.1. The molecule has 0 radical (unpaired) electrons. The first kappa shape index (κ1) is 28.3. The molecular weight excluding hydrogens is 414 g/mol. The van der Waals surface area contributed by atoms with Crippen LogP contribution in [0.2, 0.25) is 0 Å². The number of allylic oxidation sites excluding steroid dienone is 1. The third-order valence-corrected chi connectivity index (χ3v) is 7.57. The van der Waals surface area contributed by atoms with Crippen molar-refractivity contribution in [3.05, 3.63) is 12.2 Å². The molecule has 1 saturated carbocycles. The minimum absolute atomic E-state index is 0.0656. The van der Waals surface area contributed by atoms with E-state index < -0.39 is 11.3 Å². The Kier molecular flexibility index (Phi) is 9.22. The summed E-state index contributed by atoms with van der Waals surface area (Å²) in [5.41, 5.74) is 3.11. The molecule has 1 aliphatic heterocycles. The van der Waals surface area contributed by atoms with Crippen LogP contribution < -0.4 is 5.43 Å². The summed E-state index contributed by atoms with van der Waals surface area (Å²) in [7, 11) is 4.00. The van der Waals surface area contributed by atoms with Crippen LogP contribution in [-0.4, -0.2) is 67.5 Å². The number of hydrogen-bond donors (Lipinski definition) is 1. The molecule has 1 aliphatic carbocycles. The molecule has 0 aromatic rings. The zero-order chi connectivity index (χ0) is 25.1. The maximum absolute atomic E-state index is 14.1. The monoisotopic (exact) mass is 465 g/mol. The van der Waals surface area contributed by atoms with Crippen molar-refractivity contribution in [3.63, 3.8) is 0 Å². The van der Waals surface area contributed by atoms with Crippen LogP contribution in [-0.2, 0) is 14.3 Å². The van der Waals surface area contributed by atoms with E-state index in [1.165, 1.54) is 0 Å². The molecule has 0 bridgehead atoms. The molecule has 1 saturated heterocycles. The second-order valence-corrected chi connectivity index (χ2v) is 12.1. The summed E-state index contributed by atoms with van der Waals surface area (Å²) >= 11 is 0. The van der Waals surface area contributed by atoms with E-state index in [0.29, 0.717) is 32.2 Å². The molecule has 2 aliphatic rings. The molecule has 1 heterocycles. The highest BCUT2D eigenvalue weighted by atomic mass is 16.7. The Labute approximate surface area is 203 Å². The molecule has 0 aromatic carbocycles. The quantitative estimate of drug-likeness (QED) is 0.410. The van der Waals surface area contributed by atoms with Crippen LogP contribution in [0.3, 0.4) is 0 Å². The van der Waals surface area contributed by atoms with Crippen LogP contribution >= 0.6 is 0 Å². The van der Waals surface area contributed by atoms with Gasteiger partial charge in [0.15, 0.2) is 0 Å². The summed E-state index contributed by atoms with van der Waals surface area (Å²) in [5.74, 6) is -0.615. The zero-order valence-corrected chi connectivity index (χ0v) is 23.1. The van der Waals surface area contributed by atoms with Crippen molar-refractivity contribution >= 4 is 5.91 Å². The number of carbonyl (C=O) groups is 1. The summed E-state index contributed by atoms with van der Waals surface area (Å²) < 4.78 is 13.4. The van der Waals surface area contributed by atoms with E-state index in [-0.39, 0.29) is 22.7 Å².